The summed E-state index contributed by atoms with van der Waals surface area (Å²) in [7, 11) is 0. The minimum Gasteiger partial charge on any atom is -0.347 e. The van der Waals surface area contributed by atoms with Gasteiger partial charge in [0.25, 0.3) is 0 Å². The molecule has 0 N–H and O–H groups in total. The predicted octanol–water partition coefficient (Wildman–Crippen LogP) is 3.17. The Morgan fingerprint density at radius 3 is 2.59 bits per heavy atom. The Bertz CT molecular complexity index is 492. The molecular weight excluding hydrogens is 284 g/mol. The molecular formula is C12H15BrN2O2. The van der Waals surface area contributed by atoms with E-state index < -0.39 is 6.29 Å². The molecule has 4 nitrogen and oxygen atoms in total. The van der Waals surface area contributed by atoms with E-state index in [9.17, 15) is 0 Å². The third kappa shape index (κ3) is 2.51. The molecule has 5 heteroatoms. The number of imidazole rings is 1. The van der Waals surface area contributed by atoms with Crippen molar-refractivity contribution in [1.82, 2.24) is 9.38 Å². The van der Waals surface area contributed by atoms with Crippen LogP contribution in [0.1, 0.15) is 25.8 Å². The van der Waals surface area contributed by atoms with Crippen LogP contribution in [0, 0.1) is 0 Å². The van der Waals surface area contributed by atoms with Crippen LogP contribution in [0.2, 0.25) is 0 Å². The Balaban J connectivity index is 2.42. The molecule has 0 spiro atoms. The topological polar surface area (TPSA) is 35.8 Å². The molecule has 0 bridgehead atoms. The highest BCUT2D eigenvalue weighted by Crippen LogP contribution is 2.27. The van der Waals surface area contributed by atoms with E-state index in [1.807, 2.05) is 42.6 Å². The number of fused-ring (bicyclic) bond motifs is 1. The van der Waals surface area contributed by atoms with E-state index in [0.717, 1.165) is 15.9 Å². The molecule has 2 heterocycles. The van der Waals surface area contributed by atoms with Crippen LogP contribution < -0.4 is 0 Å². The number of ether oxygens (including phenoxy) is 2. The average molecular weight is 299 g/mol. The molecule has 0 aliphatic heterocycles. The minimum atomic E-state index is -0.417. The van der Waals surface area contributed by atoms with E-state index in [1.165, 1.54) is 0 Å². The maximum atomic E-state index is 5.55. The van der Waals surface area contributed by atoms with Crippen LogP contribution in [0.25, 0.3) is 5.65 Å². The second-order valence-electron chi connectivity index (χ2n) is 3.46. The summed E-state index contributed by atoms with van der Waals surface area (Å²) in [5, 5.41) is 0. The van der Waals surface area contributed by atoms with Gasteiger partial charge in [-0.1, -0.05) is 6.07 Å². The molecule has 0 saturated heterocycles. The van der Waals surface area contributed by atoms with Gasteiger partial charge < -0.3 is 9.47 Å². The summed E-state index contributed by atoms with van der Waals surface area (Å²) in [6, 6.07) is 5.86. The van der Waals surface area contributed by atoms with Gasteiger partial charge in [0, 0.05) is 19.4 Å². The van der Waals surface area contributed by atoms with Crippen molar-refractivity contribution < 1.29 is 9.47 Å². The lowest BCUT2D eigenvalue weighted by molar-refractivity contribution is -0.142. The second-order valence-corrected chi connectivity index (χ2v) is 4.21. The standard InChI is InChI=1S/C12H15BrN2O2/c1-3-16-12(17-4-2)10-11(13)15-8-6-5-7-9(15)14-10/h5-8,12H,3-4H2,1-2H3. The van der Waals surface area contributed by atoms with Gasteiger partial charge in [-0.05, 0) is 41.9 Å². The number of hydrogen-bond donors (Lipinski definition) is 0. The fourth-order valence-electron chi connectivity index (χ4n) is 1.64. The zero-order valence-electron chi connectivity index (χ0n) is 9.89. The number of pyridine rings is 1. The Morgan fingerprint density at radius 1 is 1.29 bits per heavy atom. The first kappa shape index (κ1) is 12.5. The van der Waals surface area contributed by atoms with E-state index in [1.54, 1.807) is 0 Å². The summed E-state index contributed by atoms with van der Waals surface area (Å²) in [5.74, 6) is 0. The van der Waals surface area contributed by atoms with Gasteiger partial charge in [-0.15, -0.1) is 0 Å². The zero-order valence-corrected chi connectivity index (χ0v) is 11.5. The summed E-state index contributed by atoms with van der Waals surface area (Å²) >= 11 is 3.53. The van der Waals surface area contributed by atoms with Gasteiger partial charge in [0.2, 0.25) is 6.29 Å². The molecule has 2 aromatic rings. The number of halogens is 1. The number of rotatable bonds is 5. The first-order valence-electron chi connectivity index (χ1n) is 5.63. The monoisotopic (exact) mass is 298 g/mol. The van der Waals surface area contributed by atoms with Crippen molar-refractivity contribution in [2.45, 2.75) is 20.1 Å². The minimum absolute atomic E-state index is 0.417. The normalized spacial score (nSPS) is 11.5. The molecule has 0 saturated carbocycles. The molecule has 0 radical (unpaired) electrons. The lowest BCUT2D eigenvalue weighted by atomic mass is 10.4. The molecule has 0 aromatic carbocycles. The highest BCUT2D eigenvalue weighted by molar-refractivity contribution is 9.10. The lowest BCUT2D eigenvalue weighted by Crippen LogP contribution is -2.09. The molecule has 2 aromatic heterocycles. The molecule has 0 fully saturated rings. The molecule has 0 aliphatic rings. The largest absolute Gasteiger partial charge is 0.347 e. The van der Waals surface area contributed by atoms with Crippen LogP contribution in [0.5, 0.6) is 0 Å². The Labute approximate surface area is 109 Å². The molecule has 0 aliphatic carbocycles. The molecule has 2 rings (SSSR count). The zero-order chi connectivity index (χ0) is 12.3. The molecule has 0 amide bonds. The fourth-order valence-corrected chi connectivity index (χ4v) is 2.22. The van der Waals surface area contributed by atoms with Crippen LogP contribution in [-0.4, -0.2) is 22.6 Å². The third-order valence-electron chi connectivity index (χ3n) is 2.36. The first-order valence-corrected chi connectivity index (χ1v) is 6.42. The van der Waals surface area contributed by atoms with Crippen LogP contribution in [-0.2, 0) is 9.47 Å². The van der Waals surface area contributed by atoms with Gasteiger partial charge >= 0.3 is 0 Å². The van der Waals surface area contributed by atoms with Crippen molar-refractivity contribution in [3.05, 3.63) is 34.7 Å². The van der Waals surface area contributed by atoms with Crippen molar-refractivity contribution in [3.8, 4) is 0 Å². The summed E-state index contributed by atoms with van der Waals surface area (Å²) in [4.78, 5) is 4.52. The highest BCUT2D eigenvalue weighted by Gasteiger charge is 2.20. The summed E-state index contributed by atoms with van der Waals surface area (Å²) in [6.45, 7) is 5.06. The van der Waals surface area contributed by atoms with Crippen molar-refractivity contribution in [2.24, 2.45) is 0 Å². The van der Waals surface area contributed by atoms with Crippen LogP contribution in [0.15, 0.2) is 29.0 Å². The van der Waals surface area contributed by atoms with E-state index >= 15 is 0 Å². The van der Waals surface area contributed by atoms with Crippen LogP contribution >= 0.6 is 15.9 Å². The van der Waals surface area contributed by atoms with E-state index in [2.05, 4.69) is 20.9 Å². The Hall–Kier alpha value is -0.910. The van der Waals surface area contributed by atoms with Crippen molar-refractivity contribution in [3.63, 3.8) is 0 Å². The SMILES string of the molecule is CCOC(OCC)c1nc2ccccn2c1Br. The fraction of sp³-hybridized carbons (Fsp3) is 0.417. The van der Waals surface area contributed by atoms with Crippen molar-refractivity contribution in [2.75, 3.05) is 13.2 Å². The number of aromatic nitrogens is 2. The average Bonchev–Trinajstić information content (AvgIpc) is 2.67. The second kappa shape index (κ2) is 5.62. The molecule has 0 atom stereocenters. The van der Waals surface area contributed by atoms with E-state index in [0.29, 0.717) is 13.2 Å². The molecule has 92 valence electrons. The van der Waals surface area contributed by atoms with E-state index in [-0.39, 0.29) is 0 Å². The summed E-state index contributed by atoms with van der Waals surface area (Å²) < 4.78 is 13.9. The Morgan fingerprint density at radius 2 is 2.00 bits per heavy atom. The van der Waals surface area contributed by atoms with E-state index in [4.69, 9.17) is 9.47 Å². The Kier molecular flexibility index (Phi) is 4.15. The van der Waals surface area contributed by atoms with Gasteiger partial charge in [-0.25, -0.2) is 4.98 Å². The highest BCUT2D eigenvalue weighted by atomic mass is 79.9. The smallest absolute Gasteiger partial charge is 0.203 e. The maximum Gasteiger partial charge on any atom is 0.203 e. The number of nitrogens with zero attached hydrogens (tertiary/aromatic N) is 2. The van der Waals surface area contributed by atoms with Crippen LogP contribution in [0.4, 0.5) is 0 Å². The van der Waals surface area contributed by atoms with Crippen molar-refractivity contribution in [1.29, 1.82) is 0 Å². The molecule has 17 heavy (non-hydrogen) atoms. The van der Waals surface area contributed by atoms with Crippen LogP contribution in [0.3, 0.4) is 0 Å². The predicted molar refractivity (Wildman–Crippen MR) is 68.9 cm³/mol. The number of hydrogen-bond acceptors (Lipinski definition) is 3. The first-order chi connectivity index (χ1) is 8.27. The molecule has 0 unspecified atom stereocenters. The maximum absolute atomic E-state index is 5.55. The quantitative estimate of drug-likeness (QED) is 0.796. The van der Waals surface area contributed by atoms with Crippen molar-refractivity contribution >= 4 is 21.6 Å². The lowest BCUT2D eigenvalue weighted by Gasteiger charge is -2.14. The van der Waals surface area contributed by atoms with Gasteiger partial charge in [0.1, 0.15) is 15.9 Å². The van der Waals surface area contributed by atoms with Gasteiger partial charge in [-0.2, -0.15) is 0 Å². The summed E-state index contributed by atoms with van der Waals surface area (Å²) in [6.07, 6.45) is 1.53. The van der Waals surface area contributed by atoms with Gasteiger partial charge in [0.15, 0.2) is 0 Å². The third-order valence-corrected chi connectivity index (χ3v) is 3.14. The summed E-state index contributed by atoms with van der Waals surface area (Å²) in [5.41, 5.74) is 1.65. The van der Waals surface area contributed by atoms with Gasteiger partial charge in [0.05, 0.1) is 0 Å². The van der Waals surface area contributed by atoms with Gasteiger partial charge in [-0.3, -0.25) is 4.40 Å².